The molecule has 1 fully saturated rings. The average Bonchev–Trinajstić information content (AvgIpc) is 2.73. The minimum absolute atomic E-state index is 0.206. The molecule has 0 unspecified atom stereocenters. The van der Waals surface area contributed by atoms with Crippen LogP contribution in [0.2, 0.25) is 0 Å². The molecule has 1 aromatic carbocycles. The number of rotatable bonds is 1. The van der Waals surface area contributed by atoms with Gasteiger partial charge in [-0.05, 0) is 31.0 Å². The molecule has 0 bridgehead atoms. The summed E-state index contributed by atoms with van der Waals surface area (Å²) in [5.41, 5.74) is 7.02. The quantitative estimate of drug-likeness (QED) is 0.840. The molecule has 2 N–H and O–H groups in total. The Bertz CT molecular complexity index is 543. The standard InChI is InChI=1S/C13H15FN2S/c14-9-4-5-10-11(8-9)17-12(16-10)13(15)6-2-1-3-7-13/h4-5,8H,1-3,6-7,15H2. The average molecular weight is 250 g/mol. The smallest absolute Gasteiger partial charge is 0.124 e. The third-order valence-electron chi connectivity index (χ3n) is 3.52. The molecule has 2 nitrogen and oxygen atoms in total. The molecular formula is C13H15FN2S. The lowest BCUT2D eigenvalue weighted by atomic mass is 9.83. The first-order valence-corrected chi connectivity index (χ1v) is 6.84. The molecule has 2 aromatic rings. The van der Waals surface area contributed by atoms with E-state index in [4.69, 9.17) is 5.73 Å². The molecule has 90 valence electrons. The Morgan fingerprint density at radius 3 is 2.76 bits per heavy atom. The minimum atomic E-state index is -0.279. The lowest BCUT2D eigenvalue weighted by Crippen LogP contribution is -2.38. The second-order valence-electron chi connectivity index (χ2n) is 4.85. The van der Waals surface area contributed by atoms with Crippen molar-refractivity contribution in [2.24, 2.45) is 5.73 Å². The molecule has 3 rings (SSSR count). The van der Waals surface area contributed by atoms with Gasteiger partial charge in [0.15, 0.2) is 0 Å². The van der Waals surface area contributed by atoms with Gasteiger partial charge in [0.05, 0.1) is 15.8 Å². The summed E-state index contributed by atoms with van der Waals surface area (Å²) in [5, 5.41) is 0.970. The van der Waals surface area contributed by atoms with Gasteiger partial charge in [0.25, 0.3) is 0 Å². The van der Waals surface area contributed by atoms with Crippen molar-refractivity contribution in [2.75, 3.05) is 0 Å². The molecule has 1 aliphatic carbocycles. The van der Waals surface area contributed by atoms with E-state index in [0.29, 0.717) is 0 Å². The van der Waals surface area contributed by atoms with Crippen LogP contribution in [0.1, 0.15) is 37.1 Å². The van der Waals surface area contributed by atoms with Crippen molar-refractivity contribution in [1.82, 2.24) is 4.98 Å². The summed E-state index contributed by atoms with van der Waals surface area (Å²) < 4.78 is 14.0. The van der Waals surface area contributed by atoms with Gasteiger partial charge in [-0.15, -0.1) is 11.3 Å². The van der Waals surface area contributed by atoms with Crippen molar-refractivity contribution in [2.45, 2.75) is 37.6 Å². The molecule has 0 saturated heterocycles. The summed E-state index contributed by atoms with van der Waals surface area (Å²) in [7, 11) is 0. The highest BCUT2D eigenvalue weighted by atomic mass is 32.1. The molecule has 1 heterocycles. The molecule has 1 aromatic heterocycles. The number of hydrogen-bond acceptors (Lipinski definition) is 3. The third kappa shape index (κ3) is 1.96. The minimum Gasteiger partial charge on any atom is -0.319 e. The number of benzene rings is 1. The van der Waals surface area contributed by atoms with Crippen LogP contribution in [0.25, 0.3) is 10.2 Å². The number of nitrogens with two attached hydrogens (primary N) is 1. The van der Waals surface area contributed by atoms with Gasteiger partial charge in [-0.25, -0.2) is 9.37 Å². The van der Waals surface area contributed by atoms with E-state index >= 15 is 0 Å². The highest BCUT2D eigenvalue weighted by Gasteiger charge is 2.32. The number of halogens is 1. The van der Waals surface area contributed by atoms with Gasteiger partial charge in [-0.1, -0.05) is 19.3 Å². The number of hydrogen-bond donors (Lipinski definition) is 1. The van der Waals surface area contributed by atoms with Gasteiger partial charge in [0.2, 0.25) is 0 Å². The van der Waals surface area contributed by atoms with Crippen molar-refractivity contribution in [3.05, 3.63) is 29.0 Å². The van der Waals surface area contributed by atoms with E-state index in [2.05, 4.69) is 4.98 Å². The van der Waals surface area contributed by atoms with Crippen LogP contribution in [-0.4, -0.2) is 4.98 Å². The topological polar surface area (TPSA) is 38.9 Å². The molecule has 1 saturated carbocycles. The van der Waals surface area contributed by atoms with Crippen LogP contribution < -0.4 is 5.73 Å². The summed E-state index contributed by atoms with van der Waals surface area (Å²) in [6.07, 6.45) is 5.59. The zero-order chi connectivity index (χ0) is 11.9. The molecule has 1 aliphatic rings. The lowest BCUT2D eigenvalue weighted by molar-refractivity contribution is 0.302. The second-order valence-corrected chi connectivity index (χ2v) is 5.88. The predicted molar refractivity (Wildman–Crippen MR) is 68.5 cm³/mol. The Morgan fingerprint density at radius 1 is 1.24 bits per heavy atom. The molecule has 0 aliphatic heterocycles. The van der Waals surface area contributed by atoms with E-state index in [0.717, 1.165) is 28.1 Å². The van der Waals surface area contributed by atoms with Gasteiger partial charge in [-0.2, -0.15) is 0 Å². The molecule has 17 heavy (non-hydrogen) atoms. The molecular weight excluding hydrogens is 235 g/mol. The number of aromatic nitrogens is 1. The predicted octanol–water partition coefficient (Wildman–Crippen LogP) is 3.55. The number of nitrogens with zero attached hydrogens (tertiary/aromatic N) is 1. The van der Waals surface area contributed by atoms with Crippen molar-refractivity contribution in [3.63, 3.8) is 0 Å². The Balaban J connectivity index is 2.05. The van der Waals surface area contributed by atoms with Gasteiger partial charge in [-0.3, -0.25) is 0 Å². The molecule has 0 spiro atoms. The second kappa shape index (κ2) is 4.03. The molecule has 0 amide bonds. The SMILES string of the molecule is NC1(c2nc3ccc(F)cc3s2)CCCCC1. The maximum Gasteiger partial charge on any atom is 0.124 e. The fourth-order valence-corrected chi connectivity index (χ4v) is 3.66. The van der Waals surface area contributed by atoms with Crippen molar-refractivity contribution in [1.29, 1.82) is 0 Å². The van der Waals surface area contributed by atoms with Gasteiger partial charge in [0, 0.05) is 0 Å². The largest absolute Gasteiger partial charge is 0.319 e. The maximum absolute atomic E-state index is 13.1. The van der Waals surface area contributed by atoms with Gasteiger partial charge >= 0.3 is 0 Å². The fourth-order valence-electron chi connectivity index (χ4n) is 2.51. The summed E-state index contributed by atoms with van der Waals surface area (Å²) in [6, 6.07) is 4.73. The first-order valence-electron chi connectivity index (χ1n) is 6.03. The van der Waals surface area contributed by atoms with Gasteiger partial charge in [0.1, 0.15) is 10.8 Å². The molecule has 0 radical (unpaired) electrons. The summed E-state index contributed by atoms with van der Waals surface area (Å²) in [6.45, 7) is 0. The summed E-state index contributed by atoms with van der Waals surface area (Å²) >= 11 is 1.54. The number of thiazole rings is 1. The first-order chi connectivity index (χ1) is 8.17. The van der Waals surface area contributed by atoms with Crippen LogP contribution in [0, 0.1) is 5.82 Å². The van der Waals surface area contributed by atoms with Crippen LogP contribution in [0.4, 0.5) is 4.39 Å². The Labute approximate surface area is 104 Å². The normalized spacial score (nSPS) is 19.6. The number of fused-ring (bicyclic) bond motifs is 1. The van der Waals surface area contributed by atoms with E-state index in [1.165, 1.54) is 25.3 Å². The van der Waals surface area contributed by atoms with Crippen molar-refractivity contribution >= 4 is 21.6 Å². The van der Waals surface area contributed by atoms with Crippen LogP contribution >= 0.6 is 11.3 Å². The monoisotopic (exact) mass is 250 g/mol. The van der Waals surface area contributed by atoms with Crippen molar-refractivity contribution in [3.8, 4) is 0 Å². The highest BCUT2D eigenvalue weighted by molar-refractivity contribution is 7.18. The Hall–Kier alpha value is -1.000. The van der Waals surface area contributed by atoms with Crippen molar-refractivity contribution < 1.29 is 4.39 Å². The first kappa shape index (κ1) is 11.1. The molecule has 0 atom stereocenters. The van der Waals surface area contributed by atoms with E-state index in [1.54, 1.807) is 23.5 Å². The maximum atomic E-state index is 13.1. The van der Waals surface area contributed by atoms with E-state index in [1.807, 2.05) is 0 Å². The van der Waals surface area contributed by atoms with E-state index in [-0.39, 0.29) is 11.4 Å². The van der Waals surface area contributed by atoms with Crippen LogP contribution in [0.3, 0.4) is 0 Å². The van der Waals surface area contributed by atoms with E-state index in [9.17, 15) is 4.39 Å². The summed E-state index contributed by atoms with van der Waals surface area (Å²) in [5.74, 6) is -0.206. The third-order valence-corrected chi connectivity index (χ3v) is 4.76. The van der Waals surface area contributed by atoms with Crippen LogP contribution in [0.15, 0.2) is 18.2 Å². The zero-order valence-electron chi connectivity index (χ0n) is 9.58. The van der Waals surface area contributed by atoms with Crippen LogP contribution in [-0.2, 0) is 5.54 Å². The zero-order valence-corrected chi connectivity index (χ0v) is 10.4. The molecule has 4 heteroatoms. The van der Waals surface area contributed by atoms with Crippen LogP contribution in [0.5, 0.6) is 0 Å². The highest BCUT2D eigenvalue weighted by Crippen LogP contribution is 2.38. The lowest BCUT2D eigenvalue weighted by Gasteiger charge is -2.31. The summed E-state index contributed by atoms with van der Waals surface area (Å²) in [4.78, 5) is 4.58. The van der Waals surface area contributed by atoms with E-state index < -0.39 is 0 Å². The fraction of sp³-hybridized carbons (Fsp3) is 0.462. The Kier molecular flexibility index (Phi) is 2.64. The van der Waals surface area contributed by atoms with Gasteiger partial charge < -0.3 is 5.73 Å². The Morgan fingerprint density at radius 2 is 2.00 bits per heavy atom.